The van der Waals surface area contributed by atoms with Crippen molar-refractivity contribution in [2.24, 2.45) is 7.05 Å². The van der Waals surface area contributed by atoms with Crippen molar-refractivity contribution >= 4 is 15.9 Å². The van der Waals surface area contributed by atoms with Crippen LogP contribution in [-0.4, -0.2) is 16.2 Å². The molecule has 1 heterocycles. The highest BCUT2D eigenvalue weighted by Crippen LogP contribution is 2.29. The molecule has 0 fully saturated rings. The van der Waals surface area contributed by atoms with E-state index in [4.69, 9.17) is 4.74 Å². The maximum atomic E-state index is 5.47. The van der Waals surface area contributed by atoms with Gasteiger partial charge in [0.15, 0.2) is 0 Å². The minimum atomic E-state index is 0.667. The van der Waals surface area contributed by atoms with E-state index in [1.54, 1.807) is 6.20 Å². The summed E-state index contributed by atoms with van der Waals surface area (Å²) in [6.07, 6.45) is 3.72. The zero-order valence-corrected chi connectivity index (χ0v) is 10.9. The summed E-state index contributed by atoms with van der Waals surface area (Å²) in [7, 11) is 1.98. The minimum absolute atomic E-state index is 0.667. The number of aromatic nitrogens is 2. The van der Waals surface area contributed by atoms with Gasteiger partial charge in [0, 0.05) is 25.0 Å². The molecule has 0 aliphatic heterocycles. The van der Waals surface area contributed by atoms with E-state index in [1.165, 1.54) is 0 Å². The third kappa shape index (κ3) is 2.11. The number of imidazole rings is 1. The van der Waals surface area contributed by atoms with Gasteiger partial charge >= 0.3 is 0 Å². The van der Waals surface area contributed by atoms with Gasteiger partial charge in [0.05, 0.1) is 11.1 Å². The van der Waals surface area contributed by atoms with Gasteiger partial charge in [-0.1, -0.05) is 0 Å². The quantitative estimate of drug-likeness (QED) is 0.863. The van der Waals surface area contributed by atoms with Crippen LogP contribution in [0.4, 0.5) is 0 Å². The first-order chi connectivity index (χ1) is 7.72. The summed E-state index contributed by atoms with van der Waals surface area (Å²) in [4.78, 5) is 4.30. The van der Waals surface area contributed by atoms with E-state index >= 15 is 0 Å². The largest absolute Gasteiger partial charge is 0.493 e. The molecule has 0 radical (unpaired) electrons. The average molecular weight is 281 g/mol. The number of rotatable bonds is 3. The van der Waals surface area contributed by atoms with Crippen LogP contribution in [0.25, 0.3) is 11.4 Å². The zero-order chi connectivity index (χ0) is 11.5. The molecule has 0 spiro atoms. The van der Waals surface area contributed by atoms with Gasteiger partial charge in [-0.2, -0.15) is 0 Å². The molecule has 1 aromatic carbocycles. The lowest BCUT2D eigenvalue weighted by Gasteiger charge is -2.07. The number of hydrogen-bond acceptors (Lipinski definition) is 2. The Morgan fingerprint density at radius 2 is 2.25 bits per heavy atom. The maximum absolute atomic E-state index is 5.47. The first-order valence-electron chi connectivity index (χ1n) is 5.12. The van der Waals surface area contributed by atoms with E-state index in [2.05, 4.69) is 20.9 Å². The van der Waals surface area contributed by atoms with Crippen molar-refractivity contribution in [2.45, 2.75) is 6.92 Å². The monoisotopic (exact) mass is 280 g/mol. The highest BCUT2D eigenvalue weighted by atomic mass is 79.9. The molecule has 84 valence electrons. The molecule has 0 amide bonds. The van der Waals surface area contributed by atoms with Gasteiger partial charge in [0.1, 0.15) is 11.6 Å². The number of benzene rings is 1. The molecule has 0 saturated carbocycles. The van der Waals surface area contributed by atoms with E-state index in [0.717, 1.165) is 21.6 Å². The predicted molar refractivity (Wildman–Crippen MR) is 67.5 cm³/mol. The second kappa shape index (κ2) is 4.70. The second-order valence-electron chi connectivity index (χ2n) is 3.44. The Kier molecular flexibility index (Phi) is 3.29. The van der Waals surface area contributed by atoms with Gasteiger partial charge in [-0.25, -0.2) is 4.98 Å². The molecule has 0 saturated heterocycles. The maximum Gasteiger partial charge on any atom is 0.139 e. The van der Waals surface area contributed by atoms with Crippen molar-refractivity contribution < 1.29 is 4.74 Å². The third-order valence-electron chi connectivity index (χ3n) is 2.31. The Hall–Kier alpha value is -1.29. The molecule has 4 heteroatoms. The van der Waals surface area contributed by atoms with Crippen molar-refractivity contribution in [1.82, 2.24) is 9.55 Å². The van der Waals surface area contributed by atoms with Crippen molar-refractivity contribution in [3.8, 4) is 17.1 Å². The summed E-state index contributed by atoms with van der Waals surface area (Å²) in [6, 6.07) is 5.99. The normalized spacial score (nSPS) is 10.4. The Labute approximate surface area is 103 Å². The molecule has 1 aromatic heterocycles. The van der Waals surface area contributed by atoms with Crippen LogP contribution < -0.4 is 4.74 Å². The second-order valence-corrected chi connectivity index (χ2v) is 4.29. The smallest absolute Gasteiger partial charge is 0.139 e. The Morgan fingerprint density at radius 1 is 1.44 bits per heavy atom. The van der Waals surface area contributed by atoms with Gasteiger partial charge in [0.2, 0.25) is 0 Å². The molecule has 0 aliphatic carbocycles. The molecule has 0 aliphatic rings. The number of ether oxygens (including phenoxy) is 1. The van der Waals surface area contributed by atoms with E-state index in [-0.39, 0.29) is 0 Å². The molecular weight excluding hydrogens is 268 g/mol. The summed E-state index contributed by atoms with van der Waals surface area (Å²) in [6.45, 7) is 2.64. The van der Waals surface area contributed by atoms with Crippen LogP contribution in [0, 0.1) is 0 Å². The van der Waals surface area contributed by atoms with E-state index in [1.807, 2.05) is 42.9 Å². The molecule has 3 nitrogen and oxygen atoms in total. The molecule has 2 rings (SSSR count). The Morgan fingerprint density at radius 3 is 2.81 bits per heavy atom. The first-order valence-corrected chi connectivity index (χ1v) is 5.91. The number of hydrogen-bond donors (Lipinski definition) is 0. The zero-order valence-electron chi connectivity index (χ0n) is 9.27. The van der Waals surface area contributed by atoms with Gasteiger partial charge in [-0.15, -0.1) is 0 Å². The summed E-state index contributed by atoms with van der Waals surface area (Å²) in [5.74, 6) is 1.81. The van der Waals surface area contributed by atoms with Gasteiger partial charge in [0.25, 0.3) is 0 Å². The fourth-order valence-electron chi connectivity index (χ4n) is 1.56. The third-order valence-corrected chi connectivity index (χ3v) is 2.93. The SMILES string of the molecule is CCOc1ccc(-c2nccn2C)cc1Br. The lowest BCUT2D eigenvalue weighted by atomic mass is 10.2. The van der Waals surface area contributed by atoms with Gasteiger partial charge in [-0.3, -0.25) is 0 Å². The minimum Gasteiger partial charge on any atom is -0.493 e. The summed E-state index contributed by atoms with van der Waals surface area (Å²) in [5.41, 5.74) is 1.07. The summed E-state index contributed by atoms with van der Waals surface area (Å²) < 4.78 is 8.41. The lowest BCUT2D eigenvalue weighted by Crippen LogP contribution is -1.94. The molecular formula is C12H13BrN2O. The van der Waals surface area contributed by atoms with E-state index in [9.17, 15) is 0 Å². The van der Waals surface area contributed by atoms with Crippen molar-refractivity contribution in [3.63, 3.8) is 0 Å². The van der Waals surface area contributed by atoms with Crippen molar-refractivity contribution in [1.29, 1.82) is 0 Å². The van der Waals surface area contributed by atoms with Crippen LogP contribution in [0.3, 0.4) is 0 Å². The van der Waals surface area contributed by atoms with Crippen LogP contribution >= 0.6 is 15.9 Å². The van der Waals surface area contributed by atoms with Crippen molar-refractivity contribution in [2.75, 3.05) is 6.61 Å². The van der Waals surface area contributed by atoms with Crippen LogP contribution in [0.2, 0.25) is 0 Å². The van der Waals surface area contributed by atoms with E-state index < -0.39 is 0 Å². The number of nitrogens with zero attached hydrogens (tertiary/aromatic N) is 2. The Balaban J connectivity index is 2.38. The van der Waals surface area contributed by atoms with Crippen LogP contribution in [0.5, 0.6) is 5.75 Å². The molecule has 0 bridgehead atoms. The van der Waals surface area contributed by atoms with Crippen molar-refractivity contribution in [3.05, 3.63) is 35.1 Å². The highest BCUT2D eigenvalue weighted by molar-refractivity contribution is 9.10. The van der Waals surface area contributed by atoms with Crippen LogP contribution in [0.15, 0.2) is 35.1 Å². The highest BCUT2D eigenvalue weighted by Gasteiger charge is 2.06. The standard InChI is InChI=1S/C12H13BrN2O/c1-3-16-11-5-4-9(8-10(11)13)12-14-6-7-15(12)2/h4-8H,3H2,1-2H3. The fraction of sp³-hybridized carbons (Fsp3) is 0.250. The fourth-order valence-corrected chi connectivity index (χ4v) is 2.05. The van der Waals surface area contributed by atoms with Crippen LogP contribution in [0.1, 0.15) is 6.92 Å². The number of halogens is 1. The van der Waals surface area contributed by atoms with Gasteiger partial charge < -0.3 is 9.30 Å². The molecule has 16 heavy (non-hydrogen) atoms. The summed E-state index contributed by atoms with van der Waals surface area (Å²) in [5, 5.41) is 0. The first kappa shape index (κ1) is 11.2. The Bertz CT molecular complexity index is 494. The summed E-state index contributed by atoms with van der Waals surface area (Å²) >= 11 is 3.50. The molecule has 0 unspecified atom stereocenters. The molecule has 0 atom stereocenters. The van der Waals surface area contributed by atoms with E-state index in [0.29, 0.717) is 6.61 Å². The average Bonchev–Trinajstić information content (AvgIpc) is 2.68. The topological polar surface area (TPSA) is 27.1 Å². The number of aryl methyl sites for hydroxylation is 1. The molecule has 0 N–H and O–H groups in total. The van der Waals surface area contributed by atoms with Gasteiger partial charge in [-0.05, 0) is 41.1 Å². The molecule has 2 aromatic rings. The lowest BCUT2D eigenvalue weighted by molar-refractivity contribution is 0.338. The van der Waals surface area contributed by atoms with Crippen LogP contribution in [-0.2, 0) is 7.05 Å². The predicted octanol–water partition coefficient (Wildman–Crippen LogP) is 3.25.